The second kappa shape index (κ2) is 27.3. The first-order valence-corrected chi connectivity index (χ1v) is 14.4. The number of aliphatic hydroxyl groups excluding tert-OH is 4. The number of allylic oxidation sites excluding steroid dienone is 12. The van der Waals surface area contributed by atoms with Crippen LogP contribution in [0.2, 0.25) is 0 Å². The van der Waals surface area contributed by atoms with E-state index in [1.165, 1.54) is 0 Å². The molecule has 0 saturated heterocycles. The van der Waals surface area contributed by atoms with Gasteiger partial charge >= 0.3 is 17.9 Å². The number of hydrogen-bond donors (Lipinski definition) is 4. The molecule has 0 aliphatic carbocycles. The second-order valence-electron chi connectivity index (χ2n) is 9.24. The smallest absolute Gasteiger partial charge is 0.331 e. The minimum atomic E-state index is -1.90. The third kappa shape index (κ3) is 23.7. The molecule has 0 aromatic rings. The highest BCUT2D eigenvalue weighted by atomic mass is 16.6. The number of esters is 3. The summed E-state index contributed by atoms with van der Waals surface area (Å²) < 4.78 is 13.9. The van der Waals surface area contributed by atoms with E-state index in [2.05, 4.69) is 71.1 Å². The Labute approximate surface area is 255 Å². The molecular formula is C33H48O10. The van der Waals surface area contributed by atoms with Crippen LogP contribution in [0.5, 0.6) is 0 Å². The Hall–Kier alpha value is -3.57. The number of methoxy groups -OCH3 is 1. The normalized spacial score (nSPS) is 15.4. The lowest BCUT2D eigenvalue weighted by Gasteiger charge is -2.26. The average molecular weight is 605 g/mol. The van der Waals surface area contributed by atoms with Crippen LogP contribution < -0.4 is 0 Å². The zero-order chi connectivity index (χ0) is 32.1. The van der Waals surface area contributed by atoms with Crippen LogP contribution >= 0.6 is 0 Å². The van der Waals surface area contributed by atoms with Crippen molar-refractivity contribution in [3.8, 4) is 0 Å². The number of hydrogen-bond acceptors (Lipinski definition) is 10. The molecule has 0 aliphatic rings. The molecule has 4 N–H and O–H groups in total. The number of rotatable bonds is 23. The van der Waals surface area contributed by atoms with Crippen molar-refractivity contribution in [3.63, 3.8) is 0 Å². The van der Waals surface area contributed by atoms with Crippen LogP contribution in [0, 0.1) is 0 Å². The number of ether oxygens (including phenoxy) is 3. The SMILES string of the molecule is CCC=CCC=CCC=CCC=CCC=CCC=CCCC(=O)OCC(O)C(O)C(O)C(O)COC(=O)C=CC(=O)OC. The molecule has 43 heavy (non-hydrogen) atoms. The molecule has 0 heterocycles. The van der Waals surface area contributed by atoms with E-state index in [1.807, 2.05) is 18.2 Å². The topological polar surface area (TPSA) is 160 Å². The molecule has 0 aromatic carbocycles. The van der Waals surface area contributed by atoms with Crippen LogP contribution in [0.15, 0.2) is 85.1 Å². The highest BCUT2D eigenvalue weighted by molar-refractivity contribution is 5.91. The second-order valence-corrected chi connectivity index (χ2v) is 9.24. The summed E-state index contributed by atoms with van der Waals surface area (Å²) in [5.41, 5.74) is 0. The maximum atomic E-state index is 11.9. The van der Waals surface area contributed by atoms with Crippen LogP contribution in [0.4, 0.5) is 0 Å². The van der Waals surface area contributed by atoms with Crippen LogP contribution in [-0.2, 0) is 28.6 Å². The first-order chi connectivity index (χ1) is 20.7. The van der Waals surface area contributed by atoms with E-state index in [4.69, 9.17) is 4.74 Å². The summed E-state index contributed by atoms with van der Waals surface area (Å²) in [5, 5.41) is 39.8. The summed E-state index contributed by atoms with van der Waals surface area (Å²) in [6.07, 6.45) is 25.4. The zero-order valence-corrected chi connectivity index (χ0v) is 25.2. The van der Waals surface area contributed by atoms with Crippen molar-refractivity contribution in [2.24, 2.45) is 0 Å². The van der Waals surface area contributed by atoms with E-state index in [1.54, 1.807) is 0 Å². The predicted molar refractivity (Wildman–Crippen MR) is 165 cm³/mol. The summed E-state index contributed by atoms with van der Waals surface area (Å²) >= 11 is 0. The van der Waals surface area contributed by atoms with Crippen molar-refractivity contribution >= 4 is 17.9 Å². The Morgan fingerprint density at radius 1 is 0.581 bits per heavy atom. The molecule has 0 bridgehead atoms. The van der Waals surface area contributed by atoms with E-state index < -0.39 is 55.5 Å². The highest BCUT2D eigenvalue weighted by Gasteiger charge is 2.31. The van der Waals surface area contributed by atoms with Crippen LogP contribution in [-0.4, -0.2) is 83.1 Å². The molecule has 4 unspecified atom stereocenters. The first-order valence-electron chi connectivity index (χ1n) is 14.4. The predicted octanol–water partition coefficient (Wildman–Crippen LogP) is 3.72. The molecule has 10 nitrogen and oxygen atoms in total. The Balaban J connectivity index is 4.02. The Bertz CT molecular complexity index is 974. The van der Waals surface area contributed by atoms with Crippen molar-refractivity contribution < 1.29 is 49.0 Å². The molecule has 10 heteroatoms. The molecule has 0 rings (SSSR count). The van der Waals surface area contributed by atoms with E-state index >= 15 is 0 Å². The van der Waals surface area contributed by atoms with E-state index in [-0.39, 0.29) is 6.42 Å². The van der Waals surface area contributed by atoms with E-state index in [0.29, 0.717) is 6.42 Å². The Kier molecular flexibility index (Phi) is 25.0. The van der Waals surface area contributed by atoms with Gasteiger partial charge in [-0.15, -0.1) is 0 Å². The van der Waals surface area contributed by atoms with Gasteiger partial charge in [0.15, 0.2) is 0 Å². The number of carbonyl (C=O) groups excluding carboxylic acids is 3. The monoisotopic (exact) mass is 604 g/mol. The fourth-order valence-electron chi connectivity index (χ4n) is 3.16. The fraction of sp³-hybridized carbons (Fsp3) is 0.485. The largest absolute Gasteiger partial charge is 0.466 e. The van der Waals surface area contributed by atoms with Crippen molar-refractivity contribution in [2.45, 2.75) is 82.7 Å². The standard InChI is InChI=1S/C33H48O10/c1-3-4-5-6-7-8-9-10-11-12-13-14-15-16-17-18-19-20-21-22-30(37)42-25-27(34)32(39)33(40)28(35)26-43-31(38)24-23-29(36)41-2/h4-5,7-8,10-11,13-14,16-17,19-20,23-24,27-28,32-35,39-40H,3,6,9,12,15,18,21-22,25-26H2,1-2H3. The maximum absolute atomic E-state index is 11.9. The first kappa shape index (κ1) is 39.4. The van der Waals surface area contributed by atoms with Gasteiger partial charge in [0.05, 0.1) is 7.11 Å². The molecule has 0 fully saturated rings. The van der Waals surface area contributed by atoms with Crippen molar-refractivity contribution in [1.82, 2.24) is 0 Å². The van der Waals surface area contributed by atoms with Gasteiger partial charge in [0.2, 0.25) is 0 Å². The summed E-state index contributed by atoms with van der Waals surface area (Å²) in [4.78, 5) is 34.3. The quantitative estimate of drug-likeness (QED) is 0.0586. The summed E-state index contributed by atoms with van der Waals surface area (Å²) in [6.45, 7) is 0.802. The van der Waals surface area contributed by atoms with Gasteiger partial charge in [0, 0.05) is 18.6 Å². The van der Waals surface area contributed by atoms with Gasteiger partial charge in [-0.05, 0) is 44.9 Å². The van der Waals surface area contributed by atoms with E-state index in [0.717, 1.165) is 57.8 Å². The van der Waals surface area contributed by atoms with Crippen molar-refractivity contribution in [3.05, 3.63) is 85.1 Å². The number of carbonyl (C=O) groups is 3. The highest BCUT2D eigenvalue weighted by Crippen LogP contribution is 2.08. The molecule has 0 amide bonds. The summed E-state index contributed by atoms with van der Waals surface area (Å²) in [7, 11) is 1.12. The third-order valence-corrected chi connectivity index (χ3v) is 5.62. The van der Waals surface area contributed by atoms with Crippen LogP contribution in [0.1, 0.15) is 58.3 Å². The summed E-state index contributed by atoms with van der Waals surface area (Å²) in [6, 6.07) is 0. The van der Waals surface area contributed by atoms with Gasteiger partial charge in [0.25, 0.3) is 0 Å². The van der Waals surface area contributed by atoms with Gasteiger partial charge in [0.1, 0.15) is 37.6 Å². The molecule has 0 radical (unpaired) electrons. The fourth-order valence-corrected chi connectivity index (χ4v) is 3.16. The van der Waals surface area contributed by atoms with E-state index in [9.17, 15) is 34.8 Å². The number of aliphatic hydroxyl groups is 4. The van der Waals surface area contributed by atoms with Gasteiger partial charge in [-0.25, -0.2) is 9.59 Å². The average Bonchev–Trinajstić information content (AvgIpc) is 3.01. The maximum Gasteiger partial charge on any atom is 0.331 e. The minimum absolute atomic E-state index is 0.0607. The molecular weight excluding hydrogens is 556 g/mol. The molecule has 0 aromatic heterocycles. The van der Waals surface area contributed by atoms with Gasteiger partial charge in [-0.2, -0.15) is 0 Å². The van der Waals surface area contributed by atoms with Gasteiger partial charge in [-0.3, -0.25) is 4.79 Å². The third-order valence-electron chi connectivity index (χ3n) is 5.62. The zero-order valence-electron chi connectivity index (χ0n) is 25.2. The molecule has 0 aliphatic heterocycles. The molecule has 0 spiro atoms. The van der Waals surface area contributed by atoms with Crippen molar-refractivity contribution in [1.29, 1.82) is 0 Å². The summed E-state index contributed by atoms with van der Waals surface area (Å²) in [5.74, 6) is -2.39. The Morgan fingerprint density at radius 3 is 1.42 bits per heavy atom. The lowest BCUT2D eigenvalue weighted by atomic mass is 10.0. The Morgan fingerprint density at radius 2 is 0.977 bits per heavy atom. The van der Waals surface area contributed by atoms with Gasteiger partial charge in [-0.1, -0.05) is 79.8 Å². The lowest BCUT2D eigenvalue weighted by Crippen LogP contribution is -2.48. The van der Waals surface area contributed by atoms with Crippen molar-refractivity contribution in [2.75, 3.05) is 20.3 Å². The molecule has 240 valence electrons. The minimum Gasteiger partial charge on any atom is -0.466 e. The molecule has 4 atom stereocenters. The van der Waals surface area contributed by atoms with Crippen LogP contribution in [0.3, 0.4) is 0 Å². The lowest BCUT2D eigenvalue weighted by molar-refractivity contribution is -0.160. The van der Waals surface area contributed by atoms with Gasteiger partial charge < -0.3 is 34.6 Å². The molecule has 0 saturated carbocycles. The van der Waals surface area contributed by atoms with Crippen LogP contribution in [0.25, 0.3) is 0 Å².